The number of nitrogens with zero attached hydrogens (tertiary/aromatic N) is 1. The van der Waals surface area contributed by atoms with Crippen LogP contribution >= 0.6 is 11.3 Å². The summed E-state index contributed by atoms with van der Waals surface area (Å²) in [5, 5.41) is 5.70. The molecule has 0 bridgehead atoms. The number of nitrogens with one attached hydrogen (secondary N) is 2. The zero-order valence-corrected chi connectivity index (χ0v) is 14.9. The molecule has 1 aromatic carbocycles. The number of anilines is 1. The van der Waals surface area contributed by atoms with E-state index in [2.05, 4.69) is 15.6 Å². The molecule has 0 saturated carbocycles. The topological polar surface area (TPSA) is 71.1 Å². The molecule has 128 valence electrons. The van der Waals surface area contributed by atoms with E-state index in [1.54, 1.807) is 32.9 Å². The Kier molecular flexibility index (Phi) is 5.33. The number of rotatable bonds is 4. The van der Waals surface area contributed by atoms with E-state index in [0.29, 0.717) is 10.8 Å². The van der Waals surface area contributed by atoms with Crippen LogP contribution in [0, 0.1) is 18.2 Å². The monoisotopic (exact) mass is 349 g/mol. The molecule has 2 aromatic rings. The van der Waals surface area contributed by atoms with Gasteiger partial charge in [0, 0.05) is 15.9 Å². The molecule has 1 aromatic heterocycles. The highest BCUT2D eigenvalue weighted by Crippen LogP contribution is 2.30. The molecule has 0 spiro atoms. The molecule has 24 heavy (non-hydrogen) atoms. The third-order valence-electron chi connectivity index (χ3n) is 3.25. The third-order valence-corrected chi connectivity index (χ3v) is 4.14. The number of carbonyl (C=O) groups excluding carboxylic acids is 2. The highest BCUT2D eigenvalue weighted by Gasteiger charge is 2.21. The zero-order valence-electron chi connectivity index (χ0n) is 14.1. The van der Waals surface area contributed by atoms with Crippen LogP contribution in [0.5, 0.6) is 0 Å². The number of thiazole rings is 1. The Labute approximate surface area is 144 Å². The summed E-state index contributed by atoms with van der Waals surface area (Å²) in [7, 11) is 0. The molecule has 2 N–H and O–H groups in total. The van der Waals surface area contributed by atoms with Gasteiger partial charge in [-0.1, -0.05) is 20.8 Å². The number of hydrogen-bond acceptors (Lipinski definition) is 4. The minimum Gasteiger partial charge on any atom is -0.347 e. The van der Waals surface area contributed by atoms with Crippen LogP contribution in [0.4, 0.5) is 9.52 Å². The maximum atomic E-state index is 13.0. The van der Waals surface area contributed by atoms with Gasteiger partial charge in [-0.25, -0.2) is 9.37 Å². The lowest BCUT2D eigenvalue weighted by molar-refractivity contribution is -0.130. The van der Waals surface area contributed by atoms with Crippen LogP contribution in [0.3, 0.4) is 0 Å². The SMILES string of the molecule is Cc1sc(NC(=O)CNC(=O)C(C)(C)C)nc1-c1ccc(F)cc1. The molecule has 0 radical (unpaired) electrons. The molecule has 1 heterocycles. The Hall–Kier alpha value is -2.28. The summed E-state index contributed by atoms with van der Waals surface area (Å²) in [6, 6.07) is 6.03. The van der Waals surface area contributed by atoms with Gasteiger partial charge in [0.2, 0.25) is 11.8 Å². The summed E-state index contributed by atoms with van der Waals surface area (Å²) in [6.45, 7) is 7.10. The molecule has 0 atom stereocenters. The van der Waals surface area contributed by atoms with Gasteiger partial charge in [-0.3, -0.25) is 9.59 Å². The van der Waals surface area contributed by atoms with Crippen molar-refractivity contribution >= 4 is 28.3 Å². The normalized spacial score (nSPS) is 11.2. The fourth-order valence-electron chi connectivity index (χ4n) is 1.91. The van der Waals surface area contributed by atoms with Crippen molar-refractivity contribution in [3.05, 3.63) is 35.0 Å². The summed E-state index contributed by atoms with van der Waals surface area (Å²) < 4.78 is 13.0. The molecule has 5 nitrogen and oxygen atoms in total. The molecule has 0 aliphatic carbocycles. The van der Waals surface area contributed by atoms with E-state index in [4.69, 9.17) is 0 Å². The van der Waals surface area contributed by atoms with Gasteiger partial charge in [-0.05, 0) is 31.2 Å². The fourth-order valence-corrected chi connectivity index (χ4v) is 2.77. The van der Waals surface area contributed by atoms with E-state index in [9.17, 15) is 14.0 Å². The van der Waals surface area contributed by atoms with Crippen LogP contribution in [0.2, 0.25) is 0 Å². The van der Waals surface area contributed by atoms with Crippen LogP contribution in [0.15, 0.2) is 24.3 Å². The number of amides is 2. The van der Waals surface area contributed by atoms with E-state index < -0.39 is 5.41 Å². The van der Waals surface area contributed by atoms with Crippen molar-refractivity contribution in [1.29, 1.82) is 0 Å². The molecule has 0 aliphatic rings. The maximum absolute atomic E-state index is 13.0. The second-order valence-electron chi connectivity index (χ2n) is 6.41. The predicted molar refractivity (Wildman–Crippen MR) is 93.3 cm³/mol. The van der Waals surface area contributed by atoms with Gasteiger partial charge in [0.05, 0.1) is 12.2 Å². The van der Waals surface area contributed by atoms with E-state index in [1.165, 1.54) is 23.5 Å². The molecular weight excluding hydrogens is 329 g/mol. The van der Waals surface area contributed by atoms with Gasteiger partial charge in [0.1, 0.15) is 5.82 Å². The van der Waals surface area contributed by atoms with Crippen molar-refractivity contribution in [1.82, 2.24) is 10.3 Å². The van der Waals surface area contributed by atoms with Gasteiger partial charge in [-0.2, -0.15) is 0 Å². The lowest BCUT2D eigenvalue weighted by atomic mass is 9.96. The number of aromatic nitrogens is 1. The molecule has 0 aliphatic heterocycles. The second kappa shape index (κ2) is 7.09. The average Bonchev–Trinajstić information content (AvgIpc) is 2.85. The third kappa shape index (κ3) is 4.61. The van der Waals surface area contributed by atoms with Crippen molar-refractivity contribution in [2.45, 2.75) is 27.7 Å². The number of halogens is 1. The van der Waals surface area contributed by atoms with E-state index >= 15 is 0 Å². The standard InChI is InChI=1S/C17H20FN3O2S/c1-10-14(11-5-7-12(18)8-6-11)21-16(24-10)20-13(22)9-19-15(23)17(2,3)4/h5-8H,9H2,1-4H3,(H,19,23)(H,20,21,22). The van der Waals surface area contributed by atoms with E-state index in [1.807, 2.05) is 6.92 Å². The Morgan fingerprint density at radius 3 is 2.42 bits per heavy atom. The summed E-state index contributed by atoms with van der Waals surface area (Å²) >= 11 is 1.33. The van der Waals surface area contributed by atoms with Gasteiger partial charge >= 0.3 is 0 Å². The van der Waals surface area contributed by atoms with Crippen molar-refractivity contribution in [3.8, 4) is 11.3 Å². The van der Waals surface area contributed by atoms with Crippen molar-refractivity contribution in [2.75, 3.05) is 11.9 Å². The van der Waals surface area contributed by atoms with Gasteiger partial charge in [0.25, 0.3) is 0 Å². The molecule has 7 heteroatoms. The van der Waals surface area contributed by atoms with Gasteiger partial charge in [-0.15, -0.1) is 11.3 Å². The molecule has 2 amide bonds. The highest BCUT2D eigenvalue weighted by molar-refractivity contribution is 7.16. The first-order chi connectivity index (χ1) is 11.2. The minimum atomic E-state index is -0.548. The minimum absolute atomic E-state index is 0.111. The quantitative estimate of drug-likeness (QED) is 0.889. The van der Waals surface area contributed by atoms with Crippen LogP contribution in [0.25, 0.3) is 11.3 Å². The average molecular weight is 349 g/mol. The number of benzene rings is 1. The Morgan fingerprint density at radius 2 is 1.83 bits per heavy atom. The van der Waals surface area contributed by atoms with E-state index in [0.717, 1.165) is 10.4 Å². The van der Waals surface area contributed by atoms with Crippen LogP contribution in [-0.2, 0) is 9.59 Å². The molecular formula is C17H20FN3O2S. The molecule has 0 unspecified atom stereocenters. The fraction of sp³-hybridized carbons (Fsp3) is 0.353. The summed E-state index contributed by atoms with van der Waals surface area (Å²) in [5.74, 6) is -0.846. The summed E-state index contributed by atoms with van der Waals surface area (Å²) in [4.78, 5) is 29.0. The van der Waals surface area contributed by atoms with Crippen molar-refractivity contribution < 1.29 is 14.0 Å². The van der Waals surface area contributed by atoms with Crippen LogP contribution in [0.1, 0.15) is 25.6 Å². The van der Waals surface area contributed by atoms with Crippen LogP contribution < -0.4 is 10.6 Å². The zero-order chi connectivity index (χ0) is 17.9. The summed E-state index contributed by atoms with van der Waals surface area (Å²) in [5.41, 5.74) is 0.939. The summed E-state index contributed by atoms with van der Waals surface area (Å²) in [6.07, 6.45) is 0. The van der Waals surface area contributed by atoms with Crippen molar-refractivity contribution in [3.63, 3.8) is 0 Å². The van der Waals surface area contributed by atoms with Crippen LogP contribution in [-0.4, -0.2) is 23.3 Å². The number of aryl methyl sites for hydroxylation is 1. The second-order valence-corrected chi connectivity index (χ2v) is 7.61. The first-order valence-corrected chi connectivity index (χ1v) is 8.30. The Bertz CT molecular complexity index is 748. The van der Waals surface area contributed by atoms with Gasteiger partial charge < -0.3 is 10.6 Å². The predicted octanol–water partition coefficient (Wildman–Crippen LogP) is 3.36. The Morgan fingerprint density at radius 1 is 1.21 bits per heavy atom. The Balaban J connectivity index is 2.01. The van der Waals surface area contributed by atoms with Gasteiger partial charge in [0.15, 0.2) is 5.13 Å². The smallest absolute Gasteiger partial charge is 0.245 e. The molecule has 0 saturated heterocycles. The lowest BCUT2D eigenvalue weighted by Gasteiger charge is -2.17. The molecule has 2 rings (SSSR count). The first kappa shape index (κ1) is 18.1. The lowest BCUT2D eigenvalue weighted by Crippen LogP contribution is -2.39. The highest BCUT2D eigenvalue weighted by atomic mass is 32.1. The molecule has 0 fully saturated rings. The number of hydrogen-bond donors (Lipinski definition) is 2. The largest absolute Gasteiger partial charge is 0.347 e. The maximum Gasteiger partial charge on any atom is 0.245 e. The van der Waals surface area contributed by atoms with Crippen molar-refractivity contribution in [2.24, 2.45) is 5.41 Å². The van der Waals surface area contributed by atoms with E-state index in [-0.39, 0.29) is 24.2 Å². The first-order valence-electron chi connectivity index (χ1n) is 7.48. The number of carbonyl (C=O) groups is 2.